The van der Waals surface area contributed by atoms with Gasteiger partial charge in [0.15, 0.2) is 17.5 Å². The molecule has 0 aliphatic heterocycles. The fourth-order valence-corrected chi connectivity index (χ4v) is 1.29. The Kier molecular flexibility index (Phi) is 2.45. The molecule has 0 atom stereocenters. The van der Waals surface area contributed by atoms with E-state index in [0.29, 0.717) is 5.56 Å². The molecule has 78 valence electrons. The number of benzene rings is 1. The Morgan fingerprint density at radius 3 is 2.33 bits per heavy atom. The standard InChI is InChI=1S/C10H7F3N2/c11-8-3-7(4-9(12)10(8)13)5-15-2-1-14-6-15/h1-4,6H,5H2. The molecule has 5 heteroatoms. The van der Waals surface area contributed by atoms with Crippen LogP contribution < -0.4 is 0 Å². The SMILES string of the molecule is Fc1cc(Cn2ccnc2)cc(F)c1F. The molecule has 0 saturated heterocycles. The van der Waals surface area contributed by atoms with Gasteiger partial charge in [-0.3, -0.25) is 0 Å². The van der Waals surface area contributed by atoms with Gasteiger partial charge < -0.3 is 4.57 Å². The van der Waals surface area contributed by atoms with Crippen LogP contribution in [0.4, 0.5) is 13.2 Å². The van der Waals surface area contributed by atoms with Gasteiger partial charge in [0.2, 0.25) is 0 Å². The molecule has 1 aromatic heterocycles. The van der Waals surface area contributed by atoms with Crippen LogP contribution in [0, 0.1) is 17.5 Å². The molecule has 2 aromatic rings. The van der Waals surface area contributed by atoms with E-state index in [0.717, 1.165) is 12.1 Å². The van der Waals surface area contributed by atoms with Crippen molar-refractivity contribution in [2.45, 2.75) is 6.54 Å². The number of aromatic nitrogens is 2. The Bertz CT molecular complexity index is 443. The highest BCUT2D eigenvalue weighted by molar-refractivity contribution is 5.19. The molecule has 1 heterocycles. The fourth-order valence-electron chi connectivity index (χ4n) is 1.29. The normalized spacial score (nSPS) is 10.6. The molecule has 0 aliphatic rings. The first-order valence-electron chi connectivity index (χ1n) is 4.26. The van der Waals surface area contributed by atoms with Crippen LogP contribution in [0.2, 0.25) is 0 Å². The molecule has 0 spiro atoms. The molecular weight excluding hydrogens is 205 g/mol. The van der Waals surface area contributed by atoms with Crippen LogP contribution in [0.25, 0.3) is 0 Å². The van der Waals surface area contributed by atoms with E-state index >= 15 is 0 Å². The second kappa shape index (κ2) is 3.76. The van der Waals surface area contributed by atoms with E-state index in [4.69, 9.17) is 0 Å². The smallest absolute Gasteiger partial charge is 0.194 e. The summed E-state index contributed by atoms with van der Waals surface area (Å²) in [5, 5.41) is 0. The van der Waals surface area contributed by atoms with E-state index in [2.05, 4.69) is 4.98 Å². The van der Waals surface area contributed by atoms with Gasteiger partial charge in [-0.25, -0.2) is 18.2 Å². The maximum atomic E-state index is 12.8. The Hall–Kier alpha value is -1.78. The van der Waals surface area contributed by atoms with Crippen LogP contribution in [-0.4, -0.2) is 9.55 Å². The zero-order valence-corrected chi connectivity index (χ0v) is 7.62. The van der Waals surface area contributed by atoms with E-state index in [1.807, 2.05) is 0 Å². The third-order valence-corrected chi connectivity index (χ3v) is 1.97. The second-order valence-electron chi connectivity index (χ2n) is 3.11. The summed E-state index contributed by atoms with van der Waals surface area (Å²) >= 11 is 0. The Labute approximate surface area is 84.0 Å². The maximum absolute atomic E-state index is 12.8. The van der Waals surface area contributed by atoms with Crippen molar-refractivity contribution < 1.29 is 13.2 Å². The molecule has 0 aliphatic carbocycles. The summed E-state index contributed by atoms with van der Waals surface area (Å²) in [6.45, 7) is 0.258. The highest BCUT2D eigenvalue weighted by Crippen LogP contribution is 2.14. The summed E-state index contributed by atoms with van der Waals surface area (Å²) < 4.78 is 39.9. The Morgan fingerprint density at radius 2 is 1.80 bits per heavy atom. The first-order valence-corrected chi connectivity index (χ1v) is 4.26. The molecule has 2 rings (SSSR count). The number of hydrogen-bond acceptors (Lipinski definition) is 1. The molecule has 0 N–H and O–H groups in total. The summed E-state index contributed by atoms with van der Waals surface area (Å²) in [5.74, 6) is -3.79. The van der Waals surface area contributed by atoms with Gasteiger partial charge in [0.25, 0.3) is 0 Å². The second-order valence-corrected chi connectivity index (χ2v) is 3.11. The van der Waals surface area contributed by atoms with E-state index < -0.39 is 17.5 Å². The van der Waals surface area contributed by atoms with Crippen molar-refractivity contribution in [3.63, 3.8) is 0 Å². The van der Waals surface area contributed by atoms with Gasteiger partial charge in [0.05, 0.1) is 6.33 Å². The summed E-state index contributed by atoms with van der Waals surface area (Å²) in [6, 6.07) is 1.94. The van der Waals surface area contributed by atoms with Crippen molar-refractivity contribution in [1.29, 1.82) is 0 Å². The minimum Gasteiger partial charge on any atom is -0.333 e. The van der Waals surface area contributed by atoms with Crippen LogP contribution in [0.15, 0.2) is 30.9 Å². The average molecular weight is 212 g/mol. The fraction of sp³-hybridized carbons (Fsp3) is 0.100. The first kappa shape index (κ1) is 9.76. The quantitative estimate of drug-likeness (QED) is 0.698. The maximum Gasteiger partial charge on any atom is 0.194 e. The van der Waals surface area contributed by atoms with Gasteiger partial charge in [-0.1, -0.05) is 0 Å². The molecule has 0 unspecified atom stereocenters. The highest BCUT2D eigenvalue weighted by Gasteiger charge is 2.10. The zero-order chi connectivity index (χ0) is 10.8. The lowest BCUT2D eigenvalue weighted by Crippen LogP contribution is -2.00. The Balaban J connectivity index is 2.30. The predicted molar refractivity (Wildman–Crippen MR) is 47.6 cm³/mol. The predicted octanol–water partition coefficient (Wildman–Crippen LogP) is 2.35. The molecule has 0 saturated carbocycles. The van der Waals surface area contributed by atoms with Gasteiger partial charge in [-0.05, 0) is 17.7 Å². The average Bonchev–Trinajstić information content (AvgIpc) is 2.66. The monoisotopic (exact) mass is 212 g/mol. The number of rotatable bonds is 2. The van der Waals surface area contributed by atoms with E-state index in [-0.39, 0.29) is 6.54 Å². The summed E-state index contributed by atoms with van der Waals surface area (Å²) in [4.78, 5) is 3.78. The molecule has 0 fully saturated rings. The van der Waals surface area contributed by atoms with Crippen LogP contribution in [0.5, 0.6) is 0 Å². The number of halogens is 3. The lowest BCUT2D eigenvalue weighted by molar-refractivity contribution is 0.444. The third kappa shape index (κ3) is 2.01. The van der Waals surface area contributed by atoms with E-state index in [9.17, 15) is 13.2 Å². The Morgan fingerprint density at radius 1 is 1.13 bits per heavy atom. The van der Waals surface area contributed by atoms with Crippen molar-refractivity contribution in [3.05, 3.63) is 53.9 Å². The molecule has 2 nitrogen and oxygen atoms in total. The minimum absolute atomic E-state index is 0.258. The zero-order valence-electron chi connectivity index (χ0n) is 7.62. The van der Waals surface area contributed by atoms with E-state index in [1.165, 1.54) is 6.33 Å². The lowest BCUT2D eigenvalue weighted by Gasteiger charge is -2.03. The molecule has 15 heavy (non-hydrogen) atoms. The van der Waals surface area contributed by atoms with Gasteiger partial charge in [0.1, 0.15) is 0 Å². The van der Waals surface area contributed by atoms with Gasteiger partial charge in [-0.15, -0.1) is 0 Å². The molecule has 0 radical (unpaired) electrons. The first-order chi connectivity index (χ1) is 7.16. The molecule has 1 aromatic carbocycles. The van der Waals surface area contributed by atoms with Crippen molar-refractivity contribution in [1.82, 2.24) is 9.55 Å². The number of imidazole rings is 1. The van der Waals surface area contributed by atoms with Crippen LogP contribution in [-0.2, 0) is 6.54 Å². The van der Waals surface area contributed by atoms with Crippen LogP contribution >= 0.6 is 0 Å². The summed E-state index contributed by atoms with van der Waals surface area (Å²) in [6.07, 6.45) is 4.72. The van der Waals surface area contributed by atoms with Gasteiger partial charge in [0, 0.05) is 18.9 Å². The highest BCUT2D eigenvalue weighted by atomic mass is 19.2. The topological polar surface area (TPSA) is 17.8 Å². The largest absolute Gasteiger partial charge is 0.333 e. The third-order valence-electron chi connectivity index (χ3n) is 1.97. The van der Waals surface area contributed by atoms with Crippen molar-refractivity contribution >= 4 is 0 Å². The van der Waals surface area contributed by atoms with Gasteiger partial charge >= 0.3 is 0 Å². The van der Waals surface area contributed by atoms with Crippen molar-refractivity contribution in [2.75, 3.05) is 0 Å². The van der Waals surface area contributed by atoms with Crippen molar-refractivity contribution in [3.8, 4) is 0 Å². The van der Waals surface area contributed by atoms with Crippen LogP contribution in [0.1, 0.15) is 5.56 Å². The van der Waals surface area contributed by atoms with Crippen molar-refractivity contribution in [2.24, 2.45) is 0 Å². The minimum atomic E-state index is -1.44. The summed E-state index contributed by atoms with van der Waals surface area (Å²) in [5.41, 5.74) is 0.351. The van der Waals surface area contributed by atoms with E-state index in [1.54, 1.807) is 17.0 Å². The molecule has 0 amide bonds. The van der Waals surface area contributed by atoms with Crippen LogP contribution in [0.3, 0.4) is 0 Å². The number of hydrogen-bond donors (Lipinski definition) is 0. The van der Waals surface area contributed by atoms with Gasteiger partial charge in [-0.2, -0.15) is 0 Å². The lowest BCUT2D eigenvalue weighted by atomic mass is 10.2. The summed E-state index contributed by atoms with van der Waals surface area (Å²) in [7, 11) is 0. The number of nitrogens with zero attached hydrogens (tertiary/aromatic N) is 2. The molecule has 0 bridgehead atoms. The molecular formula is C10H7F3N2.